The number of fused-ring (bicyclic) bond motifs is 1. The molecule has 4 aromatic rings. The molecule has 3 heterocycles. The van der Waals surface area contributed by atoms with Crippen LogP contribution in [0.3, 0.4) is 0 Å². The van der Waals surface area contributed by atoms with Crippen LogP contribution in [-0.2, 0) is 16.1 Å². The Morgan fingerprint density at radius 1 is 1.09 bits per heavy atom. The van der Waals surface area contributed by atoms with Crippen molar-refractivity contribution in [3.05, 3.63) is 59.4 Å². The summed E-state index contributed by atoms with van der Waals surface area (Å²) in [5.74, 6) is 0.159. The summed E-state index contributed by atoms with van der Waals surface area (Å²) in [6, 6.07) is 11.7. The Labute approximate surface area is 250 Å². The fraction of sp³-hybridized carbons (Fsp3) is 0.452. The molecule has 228 valence electrons. The molecule has 8 nitrogen and oxygen atoms in total. The van der Waals surface area contributed by atoms with Gasteiger partial charge in [-0.3, -0.25) is 0 Å². The monoisotopic (exact) mass is 615 g/mol. The highest BCUT2D eigenvalue weighted by Gasteiger charge is 2.37. The molecule has 2 aliphatic rings. The fourth-order valence-corrected chi connectivity index (χ4v) is 6.86. The highest BCUT2D eigenvalue weighted by atomic mass is 32.1. The lowest BCUT2D eigenvalue weighted by Crippen LogP contribution is -2.38. The summed E-state index contributed by atoms with van der Waals surface area (Å²) in [5, 5.41) is 5.05. The van der Waals surface area contributed by atoms with Crippen molar-refractivity contribution in [2.24, 2.45) is 0 Å². The van der Waals surface area contributed by atoms with E-state index in [9.17, 15) is 18.0 Å². The largest absolute Gasteiger partial charge is 0.573 e. The minimum absolute atomic E-state index is 0.0589. The molecule has 43 heavy (non-hydrogen) atoms. The summed E-state index contributed by atoms with van der Waals surface area (Å²) in [4.78, 5) is 19.5. The summed E-state index contributed by atoms with van der Waals surface area (Å²) in [6.45, 7) is 4.79. The molecule has 2 fully saturated rings. The summed E-state index contributed by atoms with van der Waals surface area (Å²) in [7, 11) is 0. The van der Waals surface area contributed by atoms with Crippen molar-refractivity contribution >= 4 is 32.7 Å². The van der Waals surface area contributed by atoms with Gasteiger partial charge in [0.1, 0.15) is 17.2 Å². The van der Waals surface area contributed by atoms with E-state index in [1.807, 2.05) is 12.1 Å². The zero-order chi connectivity index (χ0) is 30.1. The first-order chi connectivity index (χ1) is 20.8. The Hall–Kier alpha value is -3.64. The normalized spacial score (nSPS) is 18.9. The number of hydrogen-bond donors (Lipinski definition) is 0. The number of hydrogen-bond acceptors (Lipinski definition) is 9. The third-order valence-electron chi connectivity index (χ3n) is 7.89. The highest BCUT2D eigenvalue weighted by molar-refractivity contribution is 7.22. The molecular weight excluding hydrogens is 583 g/mol. The minimum atomic E-state index is -4.83. The van der Waals surface area contributed by atoms with Crippen LogP contribution in [0.2, 0.25) is 0 Å². The van der Waals surface area contributed by atoms with E-state index in [0.29, 0.717) is 41.8 Å². The number of thiazole rings is 1. The van der Waals surface area contributed by atoms with Gasteiger partial charge in [0.15, 0.2) is 5.13 Å². The van der Waals surface area contributed by atoms with Crippen molar-refractivity contribution in [2.75, 3.05) is 18.1 Å². The van der Waals surface area contributed by atoms with Gasteiger partial charge in [-0.1, -0.05) is 35.5 Å². The Kier molecular flexibility index (Phi) is 8.32. The van der Waals surface area contributed by atoms with Crippen molar-refractivity contribution in [3.8, 4) is 17.0 Å². The molecule has 1 saturated carbocycles. The number of ether oxygens (including phenoxy) is 3. The number of carbonyl (C=O) groups is 1. The third-order valence-corrected chi connectivity index (χ3v) is 8.92. The van der Waals surface area contributed by atoms with E-state index in [-0.39, 0.29) is 35.8 Å². The average Bonchev–Trinajstić information content (AvgIpc) is 3.40. The predicted octanol–water partition coefficient (Wildman–Crippen LogP) is 7.87. The molecule has 0 radical (unpaired) electrons. The lowest BCUT2D eigenvalue weighted by molar-refractivity contribution is -0.274. The quantitative estimate of drug-likeness (QED) is 0.158. The zero-order valence-corrected chi connectivity index (χ0v) is 24.7. The van der Waals surface area contributed by atoms with Gasteiger partial charge in [-0.2, -0.15) is 0 Å². The van der Waals surface area contributed by atoms with Gasteiger partial charge in [0.2, 0.25) is 0 Å². The smallest absolute Gasteiger partial charge is 0.462 e. The van der Waals surface area contributed by atoms with E-state index in [1.54, 1.807) is 25.1 Å². The van der Waals surface area contributed by atoms with Crippen LogP contribution in [0.5, 0.6) is 5.75 Å². The molecule has 0 N–H and O–H groups in total. The molecule has 6 rings (SSSR count). The van der Waals surface area contributed by atoms with Crippen molar-refractivity contribution in [2.45, 2.75) is 76.9 Å². The molecule has 1 saturated heterocycles. The van der Waals surface area contributed by atoms with Crippen LogP contribution >= 0.6 is 11.3 Å². The number of esters is 1. The topological polar surface area (TPSA) is 86.9 Å². The number of alkyl halides is 3. The third kappa shape index (κ3) is 6.35. The van der Waals surface area contributed by atoms with Crippen molar-refractivity contribution < 1.29 is 36.7 Å². The first kappa shape index (κ1) is 29.4. The van der Waals surface area contributed by atoms with E-state index in [0.717, 1.165) is 47.5 Å². The van der Waals surface area contributed by atoms with Crippen molar-refractivity contribution in [1.29, 1.82) is 0 Å². The number of nitrogens with zero attached hydrogens (tertiary/aromatic N) is 3. The van der Waals surface area contributed by atoms with Crippen LogP contribution < -0.4 is 9.64 Å². The second kappa shape index (κ2) is 12.2. The van der Waals surface area contributed by atoms with Gasteiger partial charge in [0, 0.05) is 23.1 Å². The average molecular weight is 616 g/mol. The maximum atomic E-state index is 13.1. The summed E-state index contributed by atoms with van der Waals surface area (Å²) >= 11 is 1.54. The van der Waals surface area contributed by atoms with Gasteiger partial charge in [-0.05, 0) is 69.4 Å². The molecule has 0 spiro atoms. The fourth-order valence-electron chi connectivity index (χ4n) is 5.71. The first-order valence-corrected chi connectivity index (χ1v) is 15.3. The number of aromatic nitrogens is 2. The SMILES string of the molecule is CCOC(=O)c1ccc2nc(N3C(COCc4c(-c5ccccc5OC(F)(F)F)noc4C4CC4)CC[C@H]3CC)sc2c1. The van der Waals surface area contributed by atoms with E-state index in [2.05, 4.69) is 21.7 Å². The van der Waals surface area contributed by atoms with Gasteiger partial charge in [-0.15, -0.1) is 13.2 Å². The van der Waals surface area contributed by atoms with Gasteiger partial charge in [-0.25, -0.2) is 9.78 Å². The molecule has 0 bridgehead atoms. The molecule has 2 atom stereocenters. The molecule has 1 aliphatic heterocycles. The Morgan fingerprint density at radius 2 is 1.88 bits per heavy atom. The maximum Gasteiger partial charge on any atom is 0.573 e. The van der Waals surface area contributed by atoms with Crippen molar-refractivity contribution in [1.82, 2.24) is 10.1 Å². The second-order valence-electron chi connectivity index (χ2n) is 10.8. The summed E-state index contributed by atoms with van der Waals surface area (Å²) in [6.07, 6.45) is -0.116. The Balaban J connectivity index is 1.22. The number of anilines is 1. The molecule has 1 unspecified atom stereocenters. The molecule has 2 aromatic carbocycles. The standard InChI is InChI=1S/C31H32F3N3O5S/c1-3-20-12-13-21(37(20)30-35-24-14-11-19(15-26(24)43-30)29(38)40-4-2)16-39-17-23-27(36-42-28(23)18-9-10-18)22-7-5-6-8-25(22)41-31(32,33)34/h5-8,11,14-15,18,20-21H,3-4,9-10,12-13,16-17H2,1-2H3/t20-,21?/m1/s1. The number of para-hydroxylation sites is 1. The van der Waals surface area contributed by atoms with Crippen LogP contribution in [0.1, 0.15) is 73.6 Å². The van der Waals surface area contributed by atoms with Crippen LogP contribution in [0.4, 0.5) is 18.3 Å². The van der Waals surface area contributed by atoms with Crippen LogP contribution in [0.25, 0.3) is 21.5 Å². The van der Waals surface area contributed by atoms with Gasteiger partial charge in [0.25, 0.3) is 0 Å². The first-order valence-electron chi connectivity index (χ1n) is 14.5. The van der Waals surface area contributed by atoms with E-state index in [4.69, 9.17) is 19.0 Å². The number of halogens is 3. The van der Waals surface area contributed by atoms with E-state index >= 15 is 0 Å². The van der Waals surface area contributed by atoms with Gasteiger partial charge < -0.3 is 23.6 Å². The zero-order valence-electron chi connectivity index (χ0n) is 23.9. The van der Waals surface area contributed by atoms with Crippen LogP contribution in [0, 0.1) is 0 Å². The Morgan fingerprint density at radius 3 is 2.63 bits per heavy atom. The van der Waals surface area contributed by atoms with E-state index in [1.165, 1.54) is 23.5 Å². The Bertz CT molecular complexity index is 1600. The molecule has 12 heteroatoms. The lowest BCUT2D eigenvalue weighted by Gasteiger charge is -2.29. The number of rotatable bonds is 11. The van der Waals surface area contributed by atoms with Crippen molar-refractivity contribution in [3.63, 3.8) is 0 Å². The maximum absolute atomic E-state index is 13.1. The lowest BCUT2D eigenvalue weighted by atomic mass is 10.0. The summed E-state index contributed by atoms with van der Waals surface area (Å²) < 4.78 is 61.7. The summed E-state index contributed by atoms with van der Waals surface area (Å²) in [5.41, 5.74) is 2.48. The molecule has 1 aliphatic carbocycles. The van der Waals surface area contributed by atoms with E-state index < -0.39 is 6.36 Å². The van der Waals surface area contributed by atoms with Gasteiger partial charge in [0.05, 0.1) is 41.6 Å². The van der Waals surface area contributed by atoms with Crippen LogP contribution in [0.15, 0.2) is 47.0 Å². The molecule has 0 amide bonds. The second-order valence-corrected chi connectivity index (χ2v) is 11.8. The van der Waals surface area contributed by atoms with Crippen LogP contribution in [-0.4, -0.2) is 47.8 Å². The minimum Gasteiger partial charge on any atom is -0.462 e. The highest BCUT2D eigenvalue weighted by Crippen LogP contribution is 2.46. The van der Waals surface area contributed by atoms with Gasteiger partial charge >= 0.3 is 12.3 Å². The molecular formula is C31H32F3N3O5S. The predicted molar refractivity (Wildman–Crippen MR) is 155 cm³/mol. The molecule has 2 aromatic heterocycles. The number of benzene rings is 2. The number of carbonyl (C=O) groups excluding carboxylic acids is 1.